The molecule has 1 fully saturated rings. The number of hydrogen-bond acceptors (Lipinski definition) is 3. The Morgan fingerprint density at radius 2 is 1.95 bits per heavy atom. The van der Waals surface area contributed by atoms with Crippen molar-refractivity contribution in [3.05, 3.63) is 34.9 Å². The molecule has 0 unspecified atom stereocenters. The fourth-order valence-corrected chi connectivity index (χ4v) is 2.80. The number of methoxy groups -OCH3 is 1. The van der Waals surface area contributed by atoms with Crippen LogP contribution in [-0.4, -0.2) is 42.4 Å². The lowest BCUT2D eigenvalue weighted by Crippen LogP contribution is -2.41. The molecular weight excluding hydrogens is 302 g/mol. The van der Waals surface area contributed by atoms with E-state index in [-0.39, 0.29) is 18.2 Å². The molecule has 1 amide bonds. The molecule has 0 radical (unpaired) electrons. The molecule has 22 heavy (non-hydrogen) atoms. The van der Waals surface area contributed by atoms with Crippen molar-refractivity contribution in [3.8, 4) is 0 Å². The van der Waals surface area contributed by atoms with E-state index in [0.29, 0.717) is 11.6 Å². The molecule has 0 aromatic heterocycles. The van der Waals surface area contributed by atoms with E-state index in [4.69, 9.17) is 21.1 Å². The molecule has 0 N–H and O–H groups in total. The van der Waals surface area contributed by atoms with Crippen LogP contribution in [0, 0.1) is 0 Å². The maximum Gasteiger partial charge on any atom is 0.410 e. The molecule has 0 saturated carbocycles. The number of amides is 1. The van der Waals surface area contributed by atoms with Gasteiger partial charge in [0, 0.05) is 18.2 Å². The predicted molar refractivity (Wildman–Crippen MR) is 87.3 cm³/mol. The minimum atomic E-state index is -0.493. The molecule has 2 atom stereocenters. The van der Waals surface area contributed by atoms with Gasteiger partial charge in [-0.15, -0.1) is 0 Å². The van der Waals surface area contributed by atoms with Gasteiger partial charge < -0.3 is 14.4 Å². The molecule has 1 heterocycles. The zero-order valence-corrected chi connectivity index (χ0v) is 14.4. The molecule has 1 aliphatic rings. The normalized spacial score (nSPS) is 22.0. The third kappa shape index (κ3) is 4.62. The Morgan fingerprint density at radius 3 is 2.50 bits per heavy atom. The van der Waals surface area contributed by atoms with Gasteiger partial charge in [0.1, 0.15) is 5.60 Å². The van der Waals surface area contributed by atoms with Gasteiger partial charge in [-0.1, -0.05) is 23.7 Å². The highest BCUT2D eigenvalue weighted by Crippen LogP contribution is 2.26. The zero-order chi connectivity index (χ0) is 16.3. The average Bonchev–Trinajstić information content (AvgIpc) is 2.83. The summed E-state index contributed by atoms with van der Waals surface area (Å²) in [5, 5.41) is 0.717. The quantitative estimate of drug-likeness (QED) is 0.845. The van der Waals surface area contributed by atoms with Crippen LogP contribution in [0.4, 0.5) is 4.79 Å². The molecule has 2 rings (SSSR count). The Kier molecular flexibility index (Phi) is 5.35. The van der Waals surface area contributed by atoms with Crippen LogP contribution in [0.3, 0.4) is 0 Å². The molecule has 1 aliphatic heterocycles. The number of nitrogens with zero attached hydrogens (tertiary/aromatic N) is 1. The molecule has 1 saturated heterocycles. The van der Waals surface area contributed by atoms with Crippen molar-refractivity contribution in [2.24, 2.45) is 0 Å². The third-order valence-corrected chi connectivity index (χ3v) is 3.97. The van der Waals surface area contributed by atoms with E-state index in [9.17, 15) is 4.79 Å². The maximum absolute atomic E-state index is 12.4. The second kappa shape index (κ2) is 6.88. The first kappa shape index (κ1) is 17.1. The van der Waals surface area contributed by atoms with Crippen molar-refractivity contribution in [1.29, 1.82) is 0 Å². The lowest BCUT2D eigenvalue weighted by atomic mass is 10.0. The summed E-state index contributed by atoms with van der Waals surface area (Å²) in [6, 6.07) is 7.82. The van der Waals surface area contributed by atoms with Crippen molar-refractivity contribution in [2.45, 2.75) is 51.4 Å². The molecule has 0 spiro atoms. The Balaban J connectivity index is 2.08. The van der Waals surface area contributed by atoms with Crippen LogP contribution in [0.5, 0.6) is 0 Å². The zero-order valence-electron chi connectivity index (χ0n) is 13.6. The highest BCUT2D eigenvalue weighted by molar-refractivity contribution is 6.30. The maximum atomic E-state index is 12.4. The first-order valence-corrected chi connectivity index (χ1v) is 7.93. The van der Waals surface area contributed by atoms with Crippen LogP contribution < -0.4 is 0 Å². The van der Waals surface area contributed by atoms with Crippen molar-refractivity contribution >= 4 is 17.7 Å². The van der Waals surface area contributed by atoms with Gasteiger partial charge in [0.25, 0.3) is 0 Å². The van der Waals surface area contributed by atoms with Crippen molar-refractivity contribution in [3.63, 3.8) is 0 Å². The number of hydrogen-bond donors (Lipinski definition) is 0. The smallest absolute Gasteiger partial charge is 0.410 e. The second-order valence-electron chi connectivity index (χ2n) is 6.71. The van der Waals surface area contributed by atoms with Gasteiger partial charge in [0.15, 0.2) is 0 Å². The summed E-state index contributed by atoms with van der Waals surface area (Å²) in [5.41, 5.74) is 0.660. The number of carbonyl (C=O) groups excluding carboxylic acids is 1. The van der Waals surface area contributed by atoms with Crippen molar-refractivity contribution in [2.75, 3.05) is 13.7 Å². The van der Waals surface area contributed by atoms with E-state index in [0.717, 1.165) is 18.4 Å². The van der Waals surface area contributed by atoms with Gasteiger partial charge in [-0.2, -0.15) is 0 Å². The van der Waals surface area contributed by atoms with Gasteiger partial charge in [0.05, 0.1) is 12.6 Å². The first-order chi connectivity index (χ1) is 10.3. The topological polar surface area (TPSA) is 38.8 Å². The largest absolute Gasteiger partial charge is 0.444 e. The molecule has 1 aromatic rings. The van der Waals surface area contributed by atoms with Gasteiger partial charge in [-0.3, -0.25) is 0 Å². The van der Waals surface area contributed by atoms with Crippen molar-refractivity contribution < 1.29 is 14.3 Å². The van der Waals surface area contributed by atoms with Gasteiger partial charge in [-0.25, -0.2) is 4.79 Å². The fourth-order valence-electron chi connectivity index (χ4n) is 2.67. The molecule has 1 aromatic carbocycles. The molecule has 0 aliphatic carbocycles. The molecule has 5 heteroatoms. The van der Waals surface area contributed by atoms with E-state index in [1.54, 1.807) is 12.0 Å². The van der Waals surface area contributed by atoms with Crippen LogP contribution >= 0.6 is 11.6 Å². The number of halogens is 1. The van der Waals surface area contributed by atoms with Gasteiger partial charge >= 0.3 is 6.09 Å². The summed E-state index contributed by atoms with van der Waals surface area (Å²) in [5.74, 6) is 0. The lowest BCUT2D eigenvalue weighted by Gasteiger charge is -2.28. The Bertz CT molecular complexity index is 510. The van der Waals surface area contributed by atoms with Crippen LogP contribution in [0.1, 0.15) is 32.8 Å². The summed E-state index contributed by atoms with van der Waals surface area (Å²) in [4.78, 5) is 14.2. The summed E-state index contributed by atoms with van der Waals surface area (Å²) < 4.78 is 11.0. The minimum absolute atomic E-state index is 0.0600. The van der Waals surface area contributed by atoms with E-state index in [1.807, 2.05) is 45.0 Å². The monoisotopic (exact) mass is 325 g/mol. The van der Waals surface area contributed by atoms with Gasteiger partial charge in [0.2, 0.25) is 0 Å². The predicted octanol–water partition coefficient (Wildman–Crippen LogP) is 3.91. The Hall–Kier alpha value is -1.26. The van der Waals surface area contributed by atoms with Crippen LogP contribution in [0.25, 0.3) is 0 Å². The SMILES string of the molecule is CO[C@H]1C[C@H](Cc2ccc(Cl)cc2)N(C(=O)OC(C)(C)C)C1. The Labute approximate surface area is 137 Å². The van der Waals surface area contributed by atoms with Crippen LogP contribution in [0.15, 0.2) is 24.3 Å². The lowest BCUT2D eigenvalue weighted by molar-refractivity contribution is 0.0197. The molecule has 122 valence electrons. The molecule has 0 bridgehead atoms. The number of carbonyl (C=O) groups is 1. The molecule has 4 nitrogen and oxygen atoms in total. The number of ether oxygens (including phenoxy) is 2. The van der Waals surface area contributed by atoms with Crippen molar-refractivity contribution in [1.82, 2.24) is 4.90 Å². The minimum Gasteiger partial charge on any atom is -0.444 e. The van der Waals surface area contributed by atoms with E-state index in [1.165, 1.54) is 0 Å². The van der Waals surface area contributed by atoms with E-state index in [2.05, 4.69) is 0 Å². The highest BCUT2D eigenvalue weighted by Gasteiger charge is 2.37. The van der Waals surface area contributed by atoms with Crippen LogP contribution in [0.2, 0.25) is 5.02 Å². The highest BCUT2D eigenvalue weighted by atomic mass is 35.5. The summed E-state index contributed by atoms with van der Waals surface area (Å²) in [6.07, 6.45) is 1.38. The summed E-state index contributed by atoms with van der Waals surface area (Å²) in [7, 11) is 1.68. The average molecular weight is 326 g/mol. The van der Waals surface area contributed by atoms with E-state index >= 15 is 0 Å². The van der Waals surface area contributed by atoms with Gasteiger partial charge in [-0.05, 0) is 51.3 Å². The third-order valence-electron chi connectivity index (χ3n) is 3.72. The number of likely N-dealkylation sites (tertiary alicyclic amines) is 1. The number of benzene rings is 1. The summed E-state index contributed by atoms with van der Waals surface area (Å²) in [6.45, 7) is 6.21. The number of rotatable bonds is 3. The first-order valence-electron chi connectivity index (χ1n) is 7.55. The van der Waals surface area contributed by atoms with E-state index < -0.39 is 5.60 Å². The Morgan fingerprint density at radius 1 is 1.32 bits per heavy atom. The summed E-state index contributed by atoms with van der Waals surface area (Å²) >= 11 is 5.92. The molecular formula is C17H24ClNO3. The second-order valence-corrected chi connectivity index (χ2v) is 7.15. The standard InChI is InChI=1S/C17H24ClNO3/c1-17(2,3)22-16(20)19-11-15(21-4)10-14(19)9-12-5-7-13(18)8-6-12/h5-8,14-15H,9-11H2,1-4H3/t14-,15-/m0/s1. The van der Waals surface area contributed by atoms with Crippen LogP contribution in [-0.2, 0) is 15.9 Å². The fraction of sp³-hybridized carbons (Fsp3) is 0.588.